The Bertz CT molecular complexity index is 2500. The minimum Gasteiger partial charge on any atom is -0.493 e. The lowest BCUT2D eigenvalue weighted by molar-refractivity contribution is -0.146. The smallest absolute Gasteiger partial charge is 0.411 e. The molecule has 0 radical (unpaired) electrons. The molecule has 2 aliphatic rings. The number of aryl methyl sites for hydroxylation is 2. The third kappa shape index (κ3) is 17.2. The van der Waals surface area contributed by atoms with E-state index in [-0.39, 0.29) is 86.4 Å². The van der Waals surface area contributed by atoms with Gasteiger partial charge in [-0.25, -0.2) is 9.59 Å². The molecule has 2 fully saturated rings. The van der Waals surface area contributed by atoms with Gasteiger partial charge in [-0.3, -0.25) is 14.9 Å². The Kier molecular flexibility index (Phi) is 22.4. The summed E-state index contributed by atoms with van der Waals surface area (Å²) in [5.41, 5.74) is 5.87. The minimum atomic E-state index is -2.13. The number of methoxy groups -OCH3 is 2. The van der Waals surface area contributed by atoms with E-state index < -0.39 is 20.4 Å². The third-order valence-corrected chi connectivity index (χ3v) is 18.0. The van der Waals surface area contributed by atoms with Gasteiger partial charge in [-0.2, -0.15) is 0 Å². The van der Waals surface area contributed by atoms with Crippen LogP contribution in [-0.2, 0) is 46.1 Å². The van der Waals surface area contributed by atoms with E-state index in [9.17, 15) is 19.2 Å². The van der Waals surface area contributed by atoms with Gasteiger partial charge in [0.15, 0.2) is 19.8 Å². The second-order valence-corrected chi connectivity index (χ2v) is 25.1. The molecule has 2 aliphatic heterocycles. The number of hydrogen-bond donors (Lipinski definition) is 1. The first kappa shape index (κ1) is 59.7. The normalized spacial score (nSPS) is 15.7. The number of esters is 1. The topological polar surface area (TPSA) is 179 Å². The first-order valence-corrected chi connectivity index (χ1v) is 28.4. The molecular weight excluding hydrogens is 979 g/mol. The quantitative estimate of drug-likeness (QED) is 0.0314. The van der Waals surface area contributed by atoms with E-state index in [1.54, 1.807) is 30.2 Å². The lowest BCUT2D eigenvalue weighted by atomic mass is 10.0. The summed E-state index contributed by atoms with van der Waals surface area (Å²) in [4.78, 5) is 56.3. The van der Waals surface area contributed by atoms with Crippen molar-refractivity contribution in [2.75, 3.05) is 92.1 Å². The Hall–Kier alpha value is -6.18. The maximum Gasteiger partial charge on any atom is 0.411 e. The number of likely N-dealkylation sites (tertiary alicyclic amines) is 2. The van der Waals surface area contributed by atoms with E-state index in [0.29, 0.717) is 80.1 Å². The molecule has 0 aromatic heterocycles. The molecule has 410 valence electrons. The predicted molar refractivity (Wildman–Crippen MR) is 290 cm³/mol. The van der Waals surface area contributed by atoms with Gasteiger partial charge in [0, 0.05) is 30.8 Å². The highest BCUT2D eigenvalue weighted by molar-refractivity contribution is 6.74. The second kappa shape index (κ2) is 28.1. The van der Waals surface area contributed by atoms with Gasteiger partial charge in [0.1, 0.15) is 44.5 Å². The van der Waals surface area contributed by atoms with Crippen molar-refractivity contribution in [3.63, 3.8) is 0 Å². The molecule has 0 aliphatic carbocycles. The van der Waals surface area contributed by atoms with Crippen LogP contribution in [-0.4, -0.2) is 141 Å². The lowest BCUT2D eigenvalue weighted by Gasteiger charge is -2.38. The summed E-state index contributed by atoms with van der Waals surface area (Å²) in [6, 6.07) is 12.4. The minimum absolute atomic E-state index is 0.0114. The maximum absolute atomic E-state index is 14.6. The van der Waals surface area contributed by atoms with Gasteiger partial charge in [0.05, 0.1) is 71.2 Å². The predicted octanol–water partition coefficient (Wildman–Crippen LogP) is 9.78. The van der Waals surface area contributed by atoms with Crippen LogP contribution in [0.4, 0.5) is 10.5 Å². The van der Waals surface area contributed by atoms with Gasteiger partial charge in [0.25, 0.3) is 11.8 Å². The van der Waals surface area contributed by atoms with Crippen LogP contribution in [0.5, 0.6) is 23.0 Å². The molecular formula is C57H79N3O14Si. The van der Waals surface area contributed by atoms with Gasteiger partial charge in [-0.05, 0) is 110 Å². The van der Waals surface area contributed by atoms with Gasteiger partial charge in [-0.1, -0.05) is 64.7 Å². The monoisotopic (exact) mass is 1060 g/mol. The summed E-state index contributed by atoms with van der Waals surface area (Å²) in [5, 5.41) is 2.76. The molecule has 3 amide bonds. The van der Waals surface area contributed by atoms with Crippen molar-refractivity contribution in [1.82, 2.24) is 9.80 Å². The second-order valence-electron chi connectivity index (χ2n) is 20.3. The Morgan fingerprint density at radius 1 is 0.720 bits per heavy atom. The SMILES string of the molecule is C=CCOC(=O)Nc1cc(OCc2cc(COc3cc(C)c(C(=O)N4CC(=C)C[C@H]4CC)cc3OC)cc(OCCOCCOCCOCC(=O)OC)c2)c(C)cc1C(=O)N1CC(=C)CC1CO[Si](C)(C)C(C)(C)C. The molecule has 17 nitrogen and oxygen atoms in total. The van der Waals surface area contributed by atoms with Crippen LogP contribution >= 0.6 is 0 Å². The van der Waals surface area contributed by atoms with E-state index in [2.05, 4.69) is 70.6 Å². The van der Waals surface area contributed by atoms with Crippen molar-refractivity contribution in [1.29, 1.82) is 0 Å². The summed E-state index contributed by atoms with van der Waals surface area (Å²) in [7, 11) is 0.713. The molecule has 3 aromatic rings. The number of ether oxygens (including phenoxy) is 9. The van der Waals surface area contributed by atoms with Crippen LogP contribution in [0.25, 0.3) is 0 Å². The number of carbonyl (C=O) groups is 4. The lowest BCUT2D eigenvalue weighted by Crippen LogP contribution is -2.46. The average molecular weight is 1060 g/mol. The van der Waals surface area contributed by atoms with Crippen molar-refractivity contribution in [2.24, 2.45) is 0 Å². The molecule has 0 bridgehead atoms. The van der Waals surface area contributed by atoms with Crippen LogP contribution in [0.1, 0.15) is 89.9 Å². The van der Waals surface area contributed by atoms with Crippen molar-refractivity contribution in [3.8, 4) is 23.0 Å². The number of rotatable bonds is 28. The first-order chi connectivity index (χ1) is 35.7. The summed E-state index contributed by atoms with van der Waals surface area (Å²) in [6.07, 6.45) is 2.93. The largest absolute Gasteiger partial charge is 0.493 e. The number of hydrogen-bond acceptors (Lipinski definition) is 14. The zero-order chi connectivity index (χ0) is 54.9. The fourth-order valence-electron chi connectivity index (χ4n) is 8.32. The Labute approximate surface area is 444 Å². The van der Waals surface area contributed by atoms with Crippen LogP contribution in [0, 0.1) is 13.8 Å². The molecule has 0 saturated carbocycles. The molecule has 2 atom stereocenters. The Morgan fingerprint density at radius 2 is 1.31 bits per heavy atom. The third-order valence-electron chi connectivity index (χ3n) is 13.5. The number of benzene rings is 3. The molecule has 1 unspecified atom stereocenters. The molecule has 3 aromatic carbocycles. The zero-order valence-electron chi connectivity index (χ0n) is 45.8. The van der Waals surface area contributed by atoms with Crippen molar-refractivity contribution in [2.45, 2.75) is 104 Å². The molecule has 75 heavy (non-hydrogen) atoms. The number of anilines is 1. The van der Waals surface area contributed by atoms with Gasteiger partial charge in [-0.15, -0.1) is 0 Å². The van der Waals surface area contributed by atoms with E-state index >= 15 is 0 Å². The Balaban J connectivity index is 1.36. The van der Waals surface area contributed by atoms with Crippen LogP contribution < -0.4 is 24.3 Å². The number of nitrogens with zero attached hydrogens (tertiary/aromatic N) is 2. The summed E-state index contributed by atoms with van der Waals surface area (Å²) in [5.74, 6) is 1.02. The van der Waals surface area contributed by atoms with Crippen LogP contribution in [0.3, 0.4) is 0 Å². The number of carbonyl (C=O) groups excluding carboxylic acids is 4. The van der Waals surface area contributed by atoms with E-state index in [4.69, 9.17) is 42.3 Å². The Morgan fingerprint density at radius 3 is 1.91 bits per heavy atom. The molecule has 1 N–H and O–H groups in total. The van der Waals surface area contributed by atoms with Crippen molar-refractivity contribution in [3.05, 3.63) is 113 Å². The van der Waals surface area contributed by atoms with E-state index in [1.807, 2.05) is 43.0 Å². The van der Waals surface area contributed by atoms with E-state index in [0.717, 1.165) is 40.7 Å². The molecule has 0 spiro atoms. The van der Waals surface area contributed by atoms with E-state index in [1.165, 1.54) is 13.2 Å². The van der Waals surface area contributed by atoms with Crippen LogP contribution in [0.2, 0.25) is 18.1 Å². The molecule has 5 rings (SSSR count). The van der Waals surface area contributed by atoms with Gasteiger partial charge < -0.3 is 56.9 Å². The number of amides is 3. The highest BCUT2D eigenvalue weighted by Gasteiger charge is 2.40. The molecule has 2 saturated heterocycles. The first-order valence-electron chi connectivity index (χ1n) is 25.5. The zero-order valence-corrected chi connectivity index (χ0v) is 46.8. The molecule has 18 heteroatoms. The fraction of sp³-hybridized carbons (Fsp3) is 0.509. The summed E-state index contributed by atoms with van der Waals surface area (Å²) >= 11 is 0. The van der Waals surface area contributed by atoms with Gasteiger partial charge in [0.2, 0.25) is 0 Å². The van der Waals surface area contributed by atoms with Gasteiger partial charge >= 0.3 is 12.1 Å². The highest BCUT2D eigenvalue weighted by atomic mass is 28.4. The summed E-state index contributed by atoms with van der Waals surface area (Å²) in [6.45, 7) is 31.6. The van der Waals surface area contributed by atoms with Crippen molar-refractivity contribution >= 4 is 37.9 Å². The fourth-order valence-corrected chi connectivity index (χ4v) is 9.36. The standard InChI is InChI=1S/C57H79N3O14Si/c1-14-16-71-56(64)58-49-31-50(41(6)25-48(49)55(63)60-33-39(4)24-45(60)36-74-75(12,13)57(7,8)9)72-34-42-27-43(29-46(28-42)70-22-21-68-18-17-67-19-20-69-37-53(61)66-11)35-73-52-26-40(5)47(30-51(52)65-10)54(62)59-32-38(3)23-44(59)15-2/h14,25-31,44-45H,1,3-4,15-24,32-37H2,2,5-13H3,(H,58,64)/t44-,45?/m1/s1. The van der Waals surface area contributed by atoms with Crippen LogP contribution in [0.15, 0.2) is 79.4 Å². The summed E-state index contributed by atoms with van der Waals surface area (Å²) < 4.78 is 57.8. The highest BCUT2D eigenvalue weighted by Crippen LogP contribution is 2.39. The average Bonchev–Trinajstić information content (AvgIpc) is 3.96. The number of nitrogens with one attached hydrogen (secondary N) is 1. The maximum atomic E-state index is 14.6. The van der Waals surface area contributed by atoms with Crippen molar-refractivity contribution < 1.29 is 66.2 Å². The molecule has 2 heterocycles.